The van der Waals surface area contributed by atoms with Crippen LogP contribution in [0.2, 0.25) is 0 Å². The number of methoxy groups -OCH3 is 1. The van der Waals surface area contributed by atoms with Crippen molar-refractivity contribution in [3.8, 4) is 5.75 Å². The number of hydrogen-bond donors (Lipinski definition) is 2. The summed E-state index contributed by atoms with van der Waals surface area (Å²) in [6, 6.07) is 4.50. The molecule has 0 aliphatic rings. The molecule has 0 saturated carbocycles. The summed E-state index contributed by atoms with van der Waals surface area (Å²) in [5, 5.41) is 2.44. The average Bonchev–Trinajstić information content (AvgIpc) is 2.50. The standard InChI is InChI=1S/C14H22N2O5S/c1-11-9-12(22(18,19)16-7-4-8-20-3)5-6-13(11)21-10-14(17)15-2/h5-6,9,16H,4,7-8,10H2,1-3H3,(H,15,17). The molecule has 0 atom stereocenters. The quantitative estimate of drug-likeness (QED) is 0.641. The van der Waals surface area contributed by atoms with Crippen molar-refractivity contribution >= 4 is 15.9 Å². The van der Waals surface area contributed by atoms with Crippen LogP contribution in [-0.4, -0.2) is 48.2 Å². The molecule has 1 rings (SSSR count). The minimum atomic E-state index is -3.56. The van der Waals surface area contributed by atoms with Crippen molar-refractivity contribution < 1.29 is 22.7 Å². The number of amides is 1. The summed E-state index contributed by atoms with van der Waals surface area (Å²) < 4.78 is 36.9. The molecule has 8 heteroatoms. The van der Waals surface area contributed by atoms with E-state index in [1.807, 2.05) is 0 Å². The first kappa shape index (κ1) is 18.4. The summed E-state index contributed by atoms with van der Waals surface area (Å²) in [4.78, 5) is 11.3. The van der Waals surface area contributed by atoms with Gasteiger partial charge in [0.25, 0.3) is 5.91 Å². The van der Waals surface area contributed by atoms with Crippen LogP contribution in [-0.2, 0) is 19.6 Å². The smallest absolute Gasteiger partial charge is 0.257 e. The molecule has 2 N–H and O–H groups in total. The Labute approximate surface area is 131 Å². The Morgan fingerprint density at radius 1 is 1.32 bits per heavy atom. The van der Waals surface area contributed by atoms with E-state index >= 15 is 0 Å². The van der Waals surface area contributed by atoms with Gasteiger partial charge in [-0.15, -0.1) is 0 Å². The van der Waals surface area contributed by atoms with Gasteiger partial charge in [-0.1, -0.05) is 0 Å². The molecular formula is C14H22N2O5S. The normalized spacial score (nSPS) is 11.2. The van der Waals surface area contributed by atoms with Gasteiger partial charge in [-0.3, -0.25) is 4.79 Å². The largest absolute Gasteiger partial charge is 0.484 e. The number of rotatable bonds is 9. The fourth-order valence-corrected chi connectivity index (χ4v) is 2.83. The molecule has 0 aromatic heterocycles. The van der Waals surface area contributed by atoms with Gasteiger partial charge in [0.2, 0.25) is 10.0 Å². The lowest BCUT2D eigenvalue weighted by molar-refractivity contribution is -0.122. The number of carbonyl (C=O) groups excluding carboxylic acids is 1. The van der Waals surface area contributed by atoms with Gasteiger partial charge >= 0.3 is 0 Å². The van der Waals surface area contributed by atoms with Crippen molar-refractivity contribution in [2.45, 2.75) is 18.2 Å². The first-order valence-corrected chi connectivity index (χ1v) is 8.31. The minimum absolute atomic E-state index is 0.112. The first-order chi connectivity index (χ1) is 10.4. The van der Waals surface area contributed by atoms with Gasteiger partial charge in [0.05, 0.1) is 4.90 Å². The zero-order valence-corrected chi connectivity index (χ0v) is 13.8. The van der Waals surface area contributed by atoms with Crippen LogP contribution in [0.15, 0.2) is 23.1 Å². The zero-order chi connectivity index (χ0) is 16.6. The molecule has 0 heterocycles. The Morgan fingerprint density at radius 3 is 2.64 bits per heavy atom. The zero-order valence-electron chi connectivity index (χ0n) is 13.0. The van der Waals surface area contributed by atoms with Crippen molar-refractivity contribution in [1.82, 2.24) is 10.0 Å². The Kier molecular flexibility index (Phi) is 7.30. The SMILES string of the molecule is CNC(=O)COc1ccc(S(=O)(=O)NCCCOC)cc1C. The molecule has 0 aliphatic heterocycles. The Hall–Kier alpha value is -1.64. The highest BCUT2D eigenvalue weighted by Gasteiger charge is 2.15. The van der Waals surface area contributed by atoms with Crippen molar-refractivity contribution in [3.63, 3.8) is 0 Å². The molecule has 0 fully saturated rings. The molecule has 0 bridgehead atoms. The van der Waals surface area contributed by atoms with Gasteiger partial charge in [-0.05, 0) is 37.1 Å². The highest BCUT2D eigenvalue weighted by Crippen LogP contribution is 2.21. The predicted octanol–water partition coefficient (Wildman–Crippen LogP) is 0.435. The van der Waals surface area contributed by atoms with E-state index in [1.165, 1.54) is 19.2 Å². The summed E-state index contributed by atoms with van der Waals surface area (Å²) in [5.74, 6) is 0.220. The van der Waals surface area contributed by atoms with Crippen LogP contribution in [0, 0.1) is 6.92 Å². The van der Waals surface area contributed by atoms with E-state index in [-0.39, 0.29) is 17.4 Å². The van der Waals surface area contributed by atoms with Gasteiger partial charge < -0.3 is 14.8 Å². The van der Waals surface area contributed by atoms with E-state index in [9.17, 15) is 13.2 Å². The van der Waals surface area contributed by atoms with Crippen molar-refractivity contribution in [3.05, 3.63) is 23.8 Å². The summed E-state index contributed by atoms with van der Waals surface area (Å²) in [5.41, 5.74) is 0.642. The van der Waals surface area contributed by atoms with Crippen LogP contribution < -0.4 is 14.8 Å². The molecule has 1 amide bonds. The number of ether oxygens (including phenoxy) is 2. The van der Waals surface area contributed by atoms with Crippen LogP contribution in [0.5, 0.6) is 5.75 Å². The summed E-state index contributed by atoms with van der Waals surface area (Å²) in [6.45, 7) is 2.42. The van der Waals surface area contributed by atoms with Gasteiger partial charge in [0, 0.05) is 27.3 Å². The Bertz CT molecular complexity index is 601. The number of sulfonamides is 1. The van der Waals surface area contributed by atoms with Crippen LogP contribution in [0.4, 0.5) is 0 Å². The Morgan fingerprint density at radius 2 is 2.05 bits per heavy atom. The fourth-order valence-electron chi connectivity index (χ4n) is 1.67. The van der Waals surface area contributed by atoms with Gasteiger partial charge in [0.1, 0.15) is 5.75 Å². The highest BCUT2D eigenvalue weighted by molar-refractivity contribution is 7.89. The molecule has 1 aromatic rings. The van der Waals surface area contributed by atoms with Crippen LogP contribution in [0.3, 0.4) is 0 Å². The topological polar surface area (TPSA) is 93.7 Å². The van der Waals surface area contributed by atoms with Gasteiger partial charge in [-0.2, -0.15) is 0 Å². The third kappa shape index (κ3) is 5.63. The molecule has 124 valence electrons. The second kappa shape index (κ2) is 8.72. The van der Waals surface area contributed by atoms with Crippen molar-refractivity contribution in [2.75, 3.05) is 33.9 Å². The molecule has 1 aromatic carbocycles. The van der Waals surface area contributed by atoms with E-state index in [0.717, 1.165) is 0 Å². The minimum Gasteiger partial charge on any atom is -0.484 e. The number of aryl methyl sites for hydroxylation is 1. The van der Waals surface area contributed by atoms with Crippen molar-refractivity contribution in [2.24, 2.45) is 0 Å². The molecule has 0 saturated heterocycles. The molecule has 22 heavy (non-hydrogen) atoms. The van der Waals surface area contributed by atoms with E-state index in [1.54, 1.807) is 20.1 Å². The number of nitrogens with one attached hydrogen (secondary N) is 2. The van der Waals surface area contributed by atoms with E-state index in [0.29, 0.717) is 30.9 Å². The maximum atomic E-state index is 12.1. The van der Waals surface area contributed by atoms with Crippen LogP contribution in [0.1, 0.15) is 12.0 Å². The van der Waals surface area contributed by atoms with Crippen LogP contribution >= 0.6 is 0 Å². The third-order valence-electron chi connectivity index (χ3n) is 2.91. The second-order valence-corrected chi connectivity index (χ2v) is 6.40. The lowest BCUT2D eigenvalue weighted by Gasteiger charge is -2.11. The molecule has 0 aliphatic carbocycles. The third-order valence-corrected chi connectivity index (χ3v) is 4.37. The van der Waals surface area contributed by atoms with Crippen LogP contribution in [0.25, 0.3) is 0 Å². The van der Waals surface area contributed by atoms with E-state index in [4.69, 9.17) is 9.47 Å². The monoisotopic (exact) mass is 330 g/mol. The maximum absolute atomic E-state index is 12.1. The maximum Gasteiger partial charge on any atom is 0.257 e. The number of hydrogen-bond acceptors (Lipinski definition) is 5. The number of carbonyl (C=O) groups is 1. The number of likely N-dealkylation sites (N-methyl/N-ethyl adjacent to an activating group) is 1. The first-order valence-electron chi connectivity index (χ1n) is 6.83. The fraction of sp³-hybridized carbons (Fsp3) is 0.500. The molecule has 0 radical (unpaired) electrons. The summed E-state index contributed by atoms with van der Waals surface area (Å²) in [6.07, 6.45) is 0.599. The second-order valence-electron chi connectivity index (χ2n) is 4.63. The van der Waals surface area contributed by atoms with Crippen molar-refractivity contribution in [1.29, 1.82) is 0 Å². The molecule has 0 unspecified atom stereocenters. The summed E-state index contributed by atoms with van der Waals surface area (Å²) in [7, 11) is -0.474. The average molecular weight is 330 g/mol. The highest BCUT2D eigenvalue weighted by atomic mass is 32.2. The lowest BCUT2D eigenvalue weighted by atomic mass is 10.2. The van der Waals surface area contributed by atoms with Gasteiger partial charge in [-0.25, -0.2) is 13.1 Å². The lowest BCUT2D eigenvalue weighted by Crippen LogP contribution is -2.26. The Balaban J connectivity index is 2.72. The van der Waals surface area contributed by atoms with E-state index in [2.05, 4.69) is 10.0 Å². The van der Waals surface area contributed by atoms with Gasteiger partial charge in [0.15, 0.2) is 6.61 Å². The predicted molar refractivity (Wildman–Crippen MR) is 82.4 cm³/mol. The number of benzene rings is 1. The van der Waals surface area contributed by atoms with E-state index < -0.39 is 10.0 Å². The molecule has 0 spiro atoms. The summed E-state index contributed by atoms with van der Waals surface area (Å²) >= 11 is 0. The molecular weight excluding hydrogens is 308 g/mol. The molecule has 7 nitrogen and oxygen atoms in total.